The molecule has 1 aliphatic rings. The summed E-state index contributed by atoms with van der Waals surface area (Å²) in [6.45, 7) is 12.0. The summed E-state index contributed by atoms with van der Waals surface area (Å²) in [6, 6.07) is 7.45. The SMILES string of the molecule is CC(C)Oc1cccc(C(=O)C2CC(C)(C)OC2(C)C)c1. The Morgan fingerprint density at radius 1 is 1.29 bits per heavy atom. The quantitative estimate of drug-likeness (QED) is 0.778. The highest BCUT2D eigenvalue weighted by Crippen LogP contribution is 2.43. The van der Waals surface area contributed by atoms with Crippen LogP contribution in [-0.2, 0) is 4.74 Å². The van der Waals surface area contributed by atoms with E-state index in [2.05, 4.69) is 0 Å². The first-order valence-electron chi connectivity index (χ1n) is 7.62. The smallest absolute Gasteiger partial charge is 0.169 e. The first-order valence-corrected chi connectivity index (χ1v) is 7.62. The lowest BCUT2D eigenvalue weighted by Gasteiger charge is -2.26. The Morgan fingerprint density at radius 2 is 1.95 bits per heavy atom. The Balaban J connectivity index is 2.24. The number of hydrogen-bond donors (Lipinski definition) is 0. The van der Waals surface area contributed by atoms with Crippen molar-refractivity contribution in [2.45, 2.75) is 65.3 Å². The number of Topliss-reactive ketones (excluding diaryl/α,β-unsaturated/α-hetero) is 1. The summed E-state index contributed by atoms with van der Waals surface area (Å²) < 4.78 is 11.7. The molecule has 0 radical (unpaired) electrons. The fourth-order valence-corrected chi connectivity index (χ4v) is 3.17. The highest BCUT2D eigenvalue weighted by molar-refractivity contribution is 5.99. The summed E-state index contributed by atoms with van der Waals surface area (Å²) in [5.74, 6) is 0.758. The first-order chi connectivity index (χ1) is 9.61. The topological polar surface area (TPSA) is 35.5 Å². The zero-order chi connectivity index (χ0) is 15.8. The predicted octanol–water partition coefficient (Wildman–Crippen LogP) is 4.25. The Morgan fingerprint density at radius 3 is 2.48 bits per heavy atom. The Bertz CT molecular complexity index is 529. The molecule has 0 amide bonds. The fourth-order valence-electron chi connectivity index (χ4n) is 3.17. The number of ketones is 1. The molecule has 0 bridgehead atoms. The minimum Gasteiger partial charge on any atom is -0.491 e. The maximum absolute atomic E-state index is 12.9. The summed E-state index contributed by atoms with van der Waals surface area (Å²) >= 11 is 0. The zero-order valence-corrected chi connectivity index (χ0v) is 13.9. The molecule has 0 saturated carbocycles. The Kier molecular flexibility index (Phi) is 4.16. The normalized spacial score (nSPS) is 23.3. The van der Waals surface area contributed by atoms with E-state index in [1.54, 1.807) is 0 Å². The van der Waals surface area contributed by atoms with Gasteiger partial charge in [0.1, 0.15) is 5.75 Å². The van der Waals surface area contributed by atoms with E-state index in [1.807, 2.05) is 65.8 Å². The molecular weight excluding hydrogens is 264 g/mol. The summed E-state index contributed by atoms with van der Waals surface area (Å²) in [7, 11) is 0. The lowest BCUT2D eigenvalue weighted by Crippen LogP contribution is -2.33. The molecule has 1 aromatic carbocycles. The summed E-state index contributed by atoms with van der Waals surface area (Å²) in [5, 5.41) is 0. The third-order valence-corrected chi connectivity index (χ3v) is 3.88. The molecule has 1 saturated heterocycles. The van der Waals surface area contributed by atoms with E-state index in [0.717, 1.165) is 12.2 Å². The molecule has 2 rings (SSSR count). The third kappa shape index (κ3) is 3.65. The molecule has 1 atom stereocenters. The van der Waals surface area contributed by atoms with Crippen LogP contribution >= 0.6 is 0 Å². The molecule has 1 unspecified atom stereocenters. The molecule has 1 aromatic rings. The van der Waals surface area contributed by atoms with Crippen LogP contribution in [0.25, 0.3) is 0 Å². The number of carbonyl (C=O) groups excluding carboxylic acids is 1. The summed E-state index contributed by atoms with van der Waals surface area (Å²) in [4.78, 5) is 12.9. The van der Waals surface area contributed by atoms with Crippen molar-refractivity contribution in [1.82, 2.24) is 0 Å². The molecule has 116 valence electrons. The van der Waals surface area contributed by atoms with Crippen LogP contribution in [0.15, 0.2) is 24.3 Å². The maximum atomic E-state index is 12.9. The van der Waals surface area contributed by atoms with E-state index < -0.39 is 5.60 Å². The molecule has 1 aliphatic heterocycles. The number of rotatable bonds is 4. The standard InChI is InChI=1S/C18H26O3/c1-12(2)20-14-9-7-8-13(10-14)16(19)15-11-17(3,4)21-18(15,5)6/h7-10,12,15H,11H2,1-6H3. The predicted molar refractivity (Wildman–Crippen MR) is 83.9 cm³/mol. The highest BCUT2D eigenvalue weighted by atomic mass is 16.5. The van der Waals surface area contributed by atoms with Gasteiger partial charge in [0, 0.05) is 5.56 Å². The van der Waals surface area contributed by atoms with Gasteiger partial charge in [0.15, 0.2) is 5.78 Å². The summed E-state index contributed by atoms with van der Waals surface area (Å²) in [6.07, 6.45) is 0.842. The molecule has 3 nitrogen and oxygen atoms in total. The van der Waals surface area contributed by atoms with Crippen LogP contribution < -0.4 is 4.74 Å². The second kappa shape index (κ2) is 5.45. The minimum atomic E-state index is -0.435. The van der Waals surface area contributed by atoms with Crippen LogP contribution in [0, 0.1) is 5.92 Å². The first kappa shape index (κ1) is 16.0. The largest absolute Gasteiger partial charge is 0.491 e. The van der Waals surface area contributed by atoms with Crippen molar-refractivity contribution < 1.29 is 14.3 Å². The van der Waals surface area contributed by atoms with Gasteiger partial charge >= 0.3 is 0 Å². The van der Waals surface area contributed by atoms with Gasteiger partial charge in [0.05, 0.1) is 23.2 Å². The number of carbonyl (C=O) groups is 1. The molecule has 0 N–H and O–H groups in total. The fraction of sp³-hybridized carbons (Fsp3) is 0.611. The molecule has 0 aromatic heterocycles. The van der Waals surface area contributed by atoms with Crippen molar-refractivity contribution in [3.63, 3.8) is 0 Å². The maximum Gasteiger partial charge on any atom is 0.169 e. The van der Waals surface area contributed by atoms with Gasteiger partial charge in [0.25, 0.3) is 0 Å². The molecule has 3 heteroatoms. The van der Waals surface area contributed by atoms with E-state index >= 15 is 0 Å². The van der Waals surface area contributed by atoms with E-state index in [0.29, 0.717) is 5.56 Å². The van der Waals surface area contributed by atoms with Crippen molar-refractivity contribution >= 4 is 5.78 Å². The number of benzene rings is 1. The van der Waals surface area contributed by atoms with Crippen molar-refractivity contribution in [2.24, 2.45) is 5.92 Å². The van der Waals surface area contributed by atoms with Gasteiger partial charge in [-0.05, 0) is 60.1 Å². The van der Waals surface area contributed by atoms with E-state index in [4.69, 9.17) is 9.47 Å². The molecule has 0 spiro atoms. The molecule has 21 heavy (non-hydrogen) atoms. The van der Waals surface area contributed by atoms with E-state index in [-0.39, 0.29) is 23.4 Å². The summed E-state index contributed by atoms with van der Waals surface area (Å²) in [5.41, 5.74) is 0.0123. The van der Waals surface area contributed by atoms with Crippen molar-refractivity contribution in [1.29, 1.82) is 0 Å². The molecular formula is C18H26O3. The monoisotopic (exact) mass is 290 g/mol. The van der Waals surface area contributed by atoms with Gasteiger partial charge in [0.2, 0.25) is 0 Å². The van der Waals surface area contributed by atoms with Crippen molar-refractivity contribution in [3.8, 4) is 5.75 Å². The van der Waals surface area contributed by atoms with Crippen LogP contribution in [0.3, 0.4) is 0 Å². The van der Waals surface area contributed by atoms with Crippen LogP contribution in [0.2, 0.25) is 0 Å². The number of hydrogen-bond acceptors (Lipinski definition) is 3. The van der Waals surface area contributed by atoms with Crippen LogP contribution in [0.1, 0.15) is 58.3 Å². The lowest BCUT2D eigenvalue weighted by atomic mass is 9.81. The van der Waals surface area contributed by atoms with Crippen LogP contribution in [-0.4, -0.2) is 23.1 Å². The van der Waals surface area contributed by atoms with Gasteiger partial charge in [-0.25, -0.2) is 0 Å². The van der Waals surface area contributed by atoms with Crippen LogP contribution in [0.5, 0.6) is 5.75 Å². The average molecular weight is 290 g/mol. The van der Waals surface area contributed by atoms with Crippen LogP contribution in [0.4, 0.5) is 0 Å². The molecule has 1 heterocycles. The second-order valence-electron chi connectivity index (χ2n) is 7.28. The average Bonchev–Trinajstić information content (AvgIpc) is 2.56. The van der Waals surface area contributed by atoms with Crippen molar-refractivity contribution in [2.75, 3.05) is 0 Å². The second-order valence-corrected chi connectivity index (χ2v) is 7.28. The lowest BCUT2D eigenvalue weighted by molar-refractivity contribution is -0.0712. The van der Waals surface area contributed by atoms with E-state index in [1.165, 1.54) is 0 Å². The van der Waals surface area contributed by atoms with E-state index in [9.17, 15) is 4.79 Å². The van der Waals surface area contributed by atoms with Gasteiger partial charge < -0.3 is 9.47 Å². The van der Waals surface area contributed by atoms with Crippen molar-refractivity contribution in [3.05, 3.63) is 29.8 Å². The van der Waals surface area contributed by atoms with Gasteiger partial charge in [-0.1, -0.05) is 12.1 Å². The third-order valence-electron chi connectivity index (χ3n) is 3.88. The Hall–Kier alpha value is -1.35. The molecule has 1 fully saturated rings. The van der Waals surface area contributed by atoms with Gasteiger partial charge in [-0.2, -0.15) is 0 Å². The van der Waals surface area contributed by atoms with Gasteiger partial charge in [-0.3, -0.25) is 4.79 Å². The number of ether oxygens (including phenoxy) is 2. The van der Waals surface area contributed by atoms with Gasteiger partial charge in [-0.15, -0.1) is 0 Å². The Labute approximate surface area is 127 Å². The molecule has 0 aliphatic carbocycles. The zero-order valence-electron chi connectivity index (χ0n) is 13.9. The minimum absolute atomic E-state index is 0.0977. The highest BCUT2D eigenvalue weighted by Gasteiger charge is 2.49.